The number of halogens is 1. The van der Waals surface area contributed by atoms with Crippen LogP contribution in [-0.2, 0) is 6.42 Å². The molecule has 0 saturated heterocycles. The number of fused-ring (bicyclic) bond motifs is 1. The molecule has 3 heteroatoms. The van der Waals surface area contributed by atoms with E-state index in [0.717, 1.165) is 48.0 Å². The highest BCUT2D eigenvalue weighted by molar-refractivity contribution is 6.32. The quantitative estimate of drug-likeness (QED) is 0.741. The number of rotatable bonds is 5. The number of hydrogen-bond acceptors (Lipinski definition) is 2. The number of nitrogens with zero attached hydrogens (tertiary/aromatic N) is 1. The van der Waals surface area contributed by atoms with Crippen LogP contribution >= 0.6 is 11.6 Å². The molecule has 3 rings (SSSR count). The van der Waals surface area contributed by atoms with Gasteiger partial charge >= 0.3 is 0 Å². The zero-order chi connectivity index (χ0) is 16.1. The van der Waals surface area contributed by atoms with Gasteiger partial charge in [0.25, 0.3) is 0 Å². The molecule has 0 atom stereocenters. The topological polar surface area (TPSA) is 21.6 Å². The van der Waals surface area contributed by atoms with Gasteiger partial charge in [0.1, 0.15) is 5.75 Å². The lowest BCUT2D eigenvalue weighted by atomic mass is 9.96. The fourth-order valence-electron chi connectivity index (χ4n) is 2.64. The van der Waals surface area contributed by atoms with Crippen molar-refractivity contribution < 1.29 is 4.74 Å². The first-order valence-corrected chi connectivity index (χ1v) is 8.39. The summed E-state index contributed by atoms with van der Waals surface area (Å²) in [4.78, 5) is 4.65. The van der Waals surface area contributed by atoms with Crippen molar-refractivity contribution in [3.05, 3.63) is 70.3 Å². The smallest absolute Gasteiger partial charge is 0.119 e. The van der Waals surface area contributed by atoms with Crippen molar-refractivity contribution in [3.8, 4) is 5.75 Å². The maximum absolute atomic E-state index is 6.20. The fraction of sp³-hybridized carbons (Fsp3) is 0.250. The van der Waals surface area contributed by atoms with Crippen LogP contribution in [-0.4, -0.2) is 18.9 Å². The molecule has 0 amide bonds. The van der Waals surface area contributed by atoms with Gasteiger partial charge in [0, 0.05) is 17.1 Å². The van der Waals surface area contributed by atoms with Gasteiger partial charge in [0.2, 0.25) is 0 Å². The zero-order valence-electron chi connectivity index (χ0n) is 13.3. The van der Waals surface area contributed by atoms with Crippen LogP contribution in [0.25, 0.3) is 6.08 Å². The summed E-state index contributed by atoms with van der Waals surface area (Å²) in [5.41, 5.74) is 4.50. The molecular weight excluding hydrogens is 306 g/mol. The molecule has 1 heterocycles. The first kappa shape index (κ1) is 15.8. The van der Waals surface area contributed by atoms with E-state index >= 15 is 0 Å². The van der Waals surface area contributed by atoms with E-state index in [-0.39, 0.29) is 0 Å². The van der Waals surface area contributed by atoms with Crippen molar-refractivity contribution >= 4 is 23.4 Å². The molecule has 23 heavy (non-hydrogen) atoms. The third kappa shape index (κ3) is 3.83. The van der Waals surface area contributed by atoms with Gasteiger partial charge in [-0.2, -0.15) is 0 Å². The molecule has 2 aromatic rings. The Morgan fingerprint density at radius 3 is 2.87 bits per heavy atom. The SMILES string of the molecule is CCCOc1ccc2c(c1)CCN=C2/C=C\c1ccccc1Cl. The van der Waals surface area contributed by atoms with Gasteiger partial charge in [-0.25, -0.2) is 0 Å². The minimum atomic E-state index is 0.753. The van der Waals surface area contributed by atoms with Crippen molar-refractivity contribution in [2.75, 3.05) is 13.2 Å². The first-order valence-electron chi connectivity index (χ1n) is 8.01. The zero-order valence-corrected chi connectivity index (χ0v) is 14.0. The number of benzene rings is 2. The summed E-state index contributed by atoms with van der Waals surface area (Å²) >= 11 is 6.20. The van der Waals surface area contributed by atoms with E-state index in [1.165, 1.54) is 11.1 Å². The third-order valence-corrected chi connectivity index (χ3v) is 4.16. The van der Waals surface area contributed by atoms with Crippen LogP contribution in [0.4, 0.5) is 0 Å². The highest BCUT2D eigenvalue weighted by Gasteiger charge is 2.13. The van der Waals surface area contributed by atoms with Gasteiger partial charge in [-0.1, -0.05) is 42.8 Å². The number of allylic oxidation sites excluding steroid dienone is 1. The van der Waals surface area contributed by atoms with E-state index < -0.39 is 0 Å². The molecule has 1 aliphatic rings. The summed E-state index contributed by atoms with van der Waals surface area (Å²) in [5.74, 6) is 0.946. The van der Waals surface area contributed by atoms with Crippen molar-refractivity contribution in [1.29, 1.82) is 0 Å². The van der Waals surface area contributed by atoms with Crippen LogP contribution in [0, 0.1) is 0 Å². The Bertz CT molecular complexity index is 749. The van der Waals surface area contributed by atoms with E-state index in [0.29, 0.717) is 0 Å². The number of ether oxygens (including phenoxy) is 1. The Kier molecular flexibility index (Phi) is 5.14. The van der Waals surface area contributed by atoms with Crippen LogP contribution in [0.1, 0.15) is 30.0 Å². The third-order valence-electron chi connectivity index (χ3n) is 3.81. The van der Waals surface area contributed by atoms with E-state index in [9.17, 15) is 0 Å². The predicted molar refractivity (Wildman–Crippen MR) is 97.8 cm³/mol. The molecule has 0 N–H and O–H groups in total. The molecule has 0 fully saturated rings. The predicted octanol–water partition coefficient (Wildman–Crippen LogP) is 5.19. The van der Waals surface area contributed by atoms with E-state index in [1.54, 1.807) is 0 Å². The molecule has 0 aliphatic carbocycles. The second-order valence-corrected chi connectivity index (χ2v) is 5.95. The lowest BCUT2D eigenvalue weighted by Crippen LogP contribution is -2.11. The van der Waals surface area contributed by atoms with Crippen LogP contribution in [0.2, 0.25) is 5.02 Å². The largest absolute Gasteiger partial charge is 0.494 e. The molecule has 0 unspecified atom stereocenters. The van der Waals surface area contributed by atoms with E-state index in [2.05, 4.69) is 24.0 Å². The van der Waals surface area contributed by atoms with Gasteiger partial charge < -0.3 is 4.74 Å². The van der Waals surface area contributed by atoms with Crippen LogP contribution in [0.15, 0.2) is 53.5 Å². The lowest BCUT2D eigenvalue weighted by Gasteiger charge is -2.16. The maximum Gasteiger partial charge on any atom is 0.119 e. The van der Waals surface area contributed by atoms with Gasteiger partial charge in [-0.15, -0.1) is 0 Å². The molecule has 0 radical (unpaired) electrons. The van der Waals surface area contributed by atoms with Gasteiger partial charge in [-0.05, 0) is 54.3 Å². The van der Waals surface area contributed by atoms with Crippen LogP contribution in [0.3, 0.4) is 0 Å². The average molecular weight is 326 g/mol. The van der Waals surface area contributed by atoms with Crippen molar-refractivity contribution in [1.82, 2.24) is 0 Å². The van der Waals surface area contributed by atoms with E-state index in [1.807, 2.05) is 42.5 Å². The molecule has 0 saturated carbocycles. The van der Waals surface area contributed by atoms with Crippen LogP contribution < -0.4 is 4.74 Å². The second-order valence-electron chi connectivity index (χ2n) is 5.54. The minimum Gasteiger partial charge on any atom is -0.494 e. The van der Waals surface area contributed by atoms with Crippen molar-refractivity contribution in [2.24, 2.45) is 4.99 Å². The van der Waals surface area contributed by atoms with Gasteiger partial charge in [0.15, 0.2) is 0 Å². The van der Waals surface area contributed by atoms with Gasteiger partial charge in [-0.3, -0.25) is 4.99 Å². The number of aliphatic imine (C=N–C) groups is 1. The maximum atomic E-state index is 6.20. The van der Waals surface area contributed by atoms with Crippen molar-refractivity contribution in [3.63, 3.8) is 0 Å². The summed E-state index contributed by atoms with van der Waals surface area (Å²) in [6, 6.07) is 14.1. The number of hydrogen-bond donors (Lipinski definition) is 0. The Morgan fingerprint density at radius 1 is 1.17 bits per heavy atom. The summed E-state index contributed by atoms with van der Waals surface area (Å²) in [6.07, 6.45) is 6.05. The summed E-state index contributed by atoms with van der Waals surface area (Å²) in [7, 11) is 0. The molecular formula is C20H20ClNO. The average Bonchev–Trinajstić information content (AvgIpc) is 2.59. The first-order chi connectivity index (χ1) is 11.3. The minimum absolute atomic E-state index is 0.753. The Labute approximate surface area is 142 Å². The monoisotopic (exact) mass is 325 g/mol. The van der Waals surface area contributed by atoms with E-state index in [4.69, 9.17) is 16.3 Å². The Balaban J connectivity index is 1.83. The molecule has 0 spiro atoms. The fourth-order valence-corrected chi connectivity index (χ4v) is 2.84. The standard InChI is InChI=1S/C20H20ClNO/c1-2-13-23-17-8-9-18-16(14-17)11-12-22-20(18)10-7-15-5-3-4-6-19(15)21/h3-10,14H,2,11-13H2,1H3/b10-7-. The molecule has 2 nitrogen and oxygen atoms in total. The molecule has 1 aliphatic heterocycles. The lowest BCUT2D eigenvalue weighted by molar-refractivity contribution is 0.317. The Morgan fingerprint density at radius 2 is 2.04 bits per heavy atom. The highest BCUT2D eigenvalue weighted by Crippen LogP contribution is 2.24. The molecule has 0 aromatic heterocycles. The molecule has 0 bridgehead atoms. The summed E-state index contributed by atoms with van der Waals surface area (Å²) in [6.45, 7) is 3.68. The highest BCUT2D eigenvalue weighted by atomic mass is 35.5. The molecule has 2 aromatic carbocycles. The van der Waals surface area contributed by atoms with Crippen LogP contribution in [0.5, 0.6) is 5.75 Å². The second kappa shape index (κ2) is 7.47. The normalized spacial score (nSPS) is 13.7. The molecule has 118 valence electrons. The summed E-state index contributed by atoms with van der Waals surface area (Å²) < 4.78 is 5.73. The summed E-state index contributed by atoms with van der Waals surface area (Å²) in [5, 5.41) is 0.753. The van der Waals surface area contributed by atoms with Gasteiger partial charge in [0.05, 0.1) is 12.3 Å². The Hall–Kier alpha value is -2.06. The van der Waals surface area contributed by atoms with Crippen molar-refractivity contribution in [2.45, 2.75) is 19.8 Å².